The topological polar surface area (TPSA) is 38.3 Å². The maximum absolute atomic E-state index is 12.4. The van der Waals surface area contributed by atoms with Crippen LogP contribution in [0.1, 0.15) is 44.1 Å². The molecule has 4 aliphatic rings. The third-order valence-electron chi connectivity index (χ3n) is 6.35. The Morgan fingerprint density at radius 1 is 1.04 bits per heavy atom. The van der Waals surface area contributed by atoms with Gasteiger partial charge in [0.1, 0.15) is 5.75 Å². The molecule has 1 amide bonds. The van der Waals surface area contributed by atoms with Gasteiger partial charge in [-0.05, 0) is 79.9 Å². The average molecular weight is 313 g/mol. The second-order valence-electron chi connectivity index (χ2n) is 7.87. The first-order chi connectivity index (χ1) is 11.2. The normalized spacial score (nSPS) is 34.4. The van der Waals surface area contributed by atoms with Gasteiger partial charge in [0.25, 0.3) is 0 Å². The lowest BCUT2D eigenvalue weighted by molar-refractivity contribution is -0.125. The van der Waals surface area contributed by atoms with E-state index in [2.05, 4.69) is 17.4 Å². The molecule has 0 radical (unpaired) electrons. The number of hydrogen-bond donors (Lipinski definition) is 1. The molecule has 5 rings (SSSR count). The molecule has 1 aromatic rings. The molecule has 0 heterocycles. The van der Waals surface area contributed by atoms with Gasteiger partial charge in [0.15, 0.2) is 0 Å². The largest absolute Gasteiger partial charge is 0.497 e. The van der Waals surface area contributed by atoms with Crippen molar-refractivity contribution in [3.8, 4) is 5.75 Å². The van der Waals surface area contributed by atoms with E-state index in [0.717, 1.165) is 35.8 Å². The molecule has 1 aromatic carbocycles. The minimum absolute atomic E-state index is 0.235. The van der Waals surface area contributed by atoms with E-state index in [-0.39, 0.29) is 5.91 Å². The Morgan fingerprint density at radius 2 is 1.65 bits per heavy atom. The second-order valence-corrected chi connectivity index (χ2v) is 7.87. The van der Waals surface area contributed by atoms with Gasteiger partial charge in [-0.15, -0.1) is 0 Å². The molecule has 4 saturated carbocycles. The van der Waals surface area contributed by atoms with Gasteiger partial charge in [-0.2, -0.15) is 0 Å². The van der Waals surface area contributed by atoms with Gasteiger partial charge in [-0.1, -0.05) is 12.1 Å². The van der Waals surface area contributed by atoms with Crippen LogP contribution in [0.3, 0.4) is 0 Å². The zero-order valence-electron chi connectivity index (χ0n) is 14.0. The van der Waals surface area contributed by atoms with E-state index in [0.29, 0.717) is 12.5 Å². The number of hydrogen-bond acceptors (Lipinski definition) is 2. The molecule has 4 aliphatic carbocycles. The highest BCUT2D eigenvalue weighted by Gasteiger charge is 2.48. The van der Waals surface area contributed by atoms with Crippen molar-refractivity contribution in [1.82, 2.24) is 5.32 Å². The number of amides is 1. The van der Waals surface area contributed by atoms with Crippen LogP contribution in [0.4, 0.5) is 0 Å². The maximum Gasteiger partial charge on any atom is 0.220 e. The Balaban J connectivity index is 1.30. The summed E-state index contributed by atoms with van der Waals surface area (Å²) in [6.07, 6.45) is 8.29. The number of methoxy groups -OCH3 is 1. The molecule has 4 bridgehead atoms. The van der Waals surface area contributed by atoms with Gasteiger partial charge < -0.3 is 10.1 Å². The van der Waals surface area contributed by atoms with Crippen LogP contribution >= 0.6 is 0 Å². The lowest BCUT2D eigenvalue weighted by Gasteiger charge is -2.54. The quantitative estimate of drug-likeness (QED) is 0.902. The van der Waals surface area contributed by atoms with Gasteiger partial charge in [0.2, 0.25) is 5.91 Å². The predicted octanol–water partition coefficient (Wildman–Crippen LogP) is 3.57. The monoisotopic (exact) mass is 313 g/mol. The number of carbonyl (C=O) groups is 1. The molecular weight excluding hydrogens is 286 g/mol. The van der Waals surface area contributed by atoms with Crippen LogP contribution in [0.5, 0.6) is 5.75 Å². The van der Waals surface area contributed by atoms with Crippen LogP contribution in [0.25, 0.3) is 0 Å². The van der Waals surface area contributed by atoms with Crippen molar-refractivity contribution >= 4 is 5.91 Å². The first kappa shape index (κ1) is 15.0. The third kappa shape index (κ3) is 3.11. The Bertz CT molecular complexity index is 538. The number of nitrogens with one attached hydrogen (secondary N) is 1. The van der Waals surface area contributed by atoms with E-state index in [9.17, 15) is 4.79 Å². The van der Waals surface area contributed by atoms with Crippen LogP contribution in [0.15, 0.2) is 24.3 Å². The standard InChI is InChI=1S/C20H27NO2/c1-23-18-5-2-13(3-6-18)4-7-19(22)21-20-16-9-14-8-15(11-16)12-17(20)10-14/h2-3,5-6,14-17,20H,4,7-12H2,1H3,(H,21,22). The van der Waals surface area contributed by atoms with E-state index in [1.54, 1.807) is 7.11 Å². The molecule has 0 saturated heterocycles. The Labute approximate surface area is 138 Å². The van der Waals surface area contributed by atoms with Crippen molar-refractivity contribution in [2.24, 2.45) is 23.7 Å². The molecular formula is C20H27NO2. The first-order valence-electron chi connectivity index (χ1n) is 9.13. The summed E-state index contributed by atoms with van der Waals surface area (Å²) in [5, 5.41) is 3.39. The highest BCUT2D eigenvalue weighted by atomic mass is 16.5. The van der Waals surface area contributed by atoms with Crippen molar-refractivity contribution in [2.75, 3.05) is 7.11 Å². The summed E-state index contributed by atoms with van der Waals surface area (Å²) in [6.45, 7) is 0. The SMILES string of the molecule is COc1ccc(CCC(=O)NC2C3CC4CC(C3)CC2C4)cc1. The number of benzene rings is 1. The molecule has 0 aromatic heterocycles. The predicted molar refractivity (Wildman–Crippen MR) is 90.3 cm³/mol. The third-order valence-corrected chi connectivity index (χ3v) is 6.35. The van der Waals surface area contributed by atoms with E-state index >= 15 is 0 Å². The first-order valence-corrected chi connectivity index (χ1v) is 9.13. The summed E-state index contributed by atoms with van der Waals surface area (Å²) in [5.41, 5.74) is 1.20. The fourth-order valence-corrected chi connectivity index (χ4v) is 5.47. The molecule has 0 spiro atoms. The van der Waals surface area contributed by atoms with Gasteiger partial charge >= 0.3 is 0 Å². The fourth-order valence-electron chi connectivity index (χ4n) is 5.47. The fraction of sp³-hybridized carbons (Fsp3) is 0.650. The summed E-state index contributed by atoms with van der Waals surface area (Å²) in [6, 6.07) is 8.49. The van der Waals surface area contributed by atoms with Crippen LogP contribution in [0.2, 0.25) is 0 Å². The highest BCUT2D eigenvalue weighted by molar-refractivity contribution is 5.76. The Morgan fingerprint density at radius 3 is 2.22 bits per heavy atom. The molecule has 23 heavy (non-hydrogen) atoms. The summed E-state index contributed by atoms with van der Waals surface area (Å²) in [7, 11) is 1.67. The Hall–Kier alpha value is -1.51. The molecule has 4 fully saturated rings. The molecule has 3 nitrogen and oxygen atoms in total. The number of aryl methyl sites for hydroxylation is 1. The summed E-state index contributed by atoms with van der Waals surface area (Å²) >= 11 is 0. The van der Waals surface area contributed by atoms with Crippen molar-refractivity contribution < 1.29 is 9.53 Å². The van der Waals surface area contributed by atoms with E-state index in [1.165, 1.54) is 37.7 Å². The molecule has 0 aliphatic heterocycles. The summed E-state index contributed by atoms with van der Waals surface area (Å²) < 4.78 is 5.17. The summed E-state index contributed by atoms with van der Waals surface area (Å²) in [5.74, 6) is 4.55. The van der Waals surface area contributed by atoms with Crippen LogP contribution in [-0.2, 0) is 11.2 Å². The number of ether oxygens (including phenoxy) is 1. The number of carbonyl (C=O) groups excluding carboxylic acids is 1. The maximum atomic E-state index is 12.4. The van der Waals surface area contributed by atoms with Gasteiger partial charge in [0, 0.05) is 12.5 Å². The van der Waals surface area contributed by atoms with Gasteiger partial charge in [0.05, 0.1) is 7.11 Å². The molecule has 3 heteroatoms. The zero-order chi connectivity index (χ0) is 15.8. The number of rotatable bonds is 5. The molecule has 1 N–H and O–H groups in total. The highest BCUT2D eigenvalue weighted by Crippen LogP contribution is 2.53. The van der Waals surface area contributed by atoms with Crippen LogP contribution in [0, 0.1) is 23.7 Å². The van der Waals surface area contributed by atoms with E-state index < -0.39 is 0 Å². The molecule has 0 unspecified atom stereocenters. The van der Waals surface area contributed by atoms with Crippen molar-refractivity contribution in [1.29, 1.82) is 0 Å². The second kappa shape index (κ2) is 6.18. The molecule has 0 atom stereocenters. The van der Waals surface area contributed by atoms with Crippen LogP contribution in [-0.4, -0.2) is 19.1 Å². The van der Waals surface area contributed by atoms with E-state index in [1.807, 2.05) is 12.1 Å². The van der Waals surface area contributed by atoms with Crippen LogP contribution < -0.4 is 10.1 Å². The minimum Gasteiger partial charge on any atom is -0.497 e. The minimum atomic E-state index is 0.235. The lowest BCUT2D eigenvalue weighted by atomic mass is 9.54. The Kier molecular flexibility index (Phi) is 4.04. The van der Waals surface area contributed by atoms with Gasteiger partial charge in [-0.25, -0.2) is 0 Å². The van der Waals surface area contributed by atoms with Crippen molar-refractivity contribution in [3.63, 3.8) is 0 Å². The summed E-state index contributed by atoms with van der Waals surface area (Å²) in [4.78, 5) is 12.4. The molecule has 124 valence electrons. The van der Waals surface area contributed by atoms with E-state index in [4.69, 9.17) is 4.74 Å². The zero-order valence-corrected chi connectivity index (χ0v) is 14.0. The van der Waals surface area contributed by atoms with Gasteiger partial charge in [-0.3, -0.25) is 4.79 Å². The lowest BCUT2D eigenvalue weighted by Crippen LogP contribution is -2.55. The average Bonchev–Trinajstić information content (AvgIpc) is 2.56. The van der Waals surface area contributed by atoms with Crippen molar-refractivity contribution in [3.05, 3.63) is 29.8 Å². The van der Waals surface area contributed by atoms with Crippen molar-refractivity contribution in [2.45, 2.75) is 51.0 Å². The smallest absolute Gasteiger partial charge is 0.220 e.